The summed E-state index contributed by atoms with van der Waals surface area (Å²) < 4.78 is 5.39. The van der Waals surface area contributed by atoms with Gasteiger partial charge < -0.3 is 14.8 Å². The Morgan fingerprint density at radius 1 is 1.17 bits per heavy atom. The van der Waals surface area contributed by atoms with E-state index in [1.54, 1.807) is 12.1 Å². The van der Waals surface area contributed by atoms with Crippen LogP contribution in [0.2, 0.25) is 0 Å². The van der Waals surface area contributed by atoms with Crippen LogP contribution in [0.15, 0.2) is 70.0 Å². The second kappa shape index (κ2) is 7.47. The first kappa shape index (κ1) is 16.5. The predicted octanol–water partition coefficient (Wildman–Crippen LogP) is 3.33. The summed E-state index contributed by atoms with van der Waals surface area (Å²) in [6, 6.07) is 15.1. The number of carbonyl (C=O) groups is 1. The van der Waals surface area contributed by atoms with E-state index in [1.807, 2.05) is 47.2 Å². The highest BCUT2D eigenvalue weighted by Crippen LogP contribution is 2.31. The van der Waals surface area contributed by atoms with Crippen LogP contribution in [0.3, 0.4) is 0 Å². The van der Waals surface area contributed by atoms with Gasteiger partial charge in [-0.05, 0) is 40.9 Å². The molecule has 1 atom stereocenters. The SMILES string of the molecule is O=C(CCc1ccccc1)NC[C@@](O)(c1ccsc1)c1ccco1. The molecule has 0 aliphatic heterocycles. The maximum Gasteiger partial charge on any atom is 0.220 e. The van der Waals surface area contributed by atoms with E-state index in [9.17, 15) is 9.90 Å². The molecule has 0 fully saturated rings. The van der Waals surface area contributed by atoms with Gasteiger partial charge in [0, 0.05) is 12.0 Å². The van der Waals surface area contributed by atoms with Crippen LogP contribution in [-0.2, 0) is 16.8 Å². The molecule has 0 unspecified atom stereocenters. The molecule has 24 heavy (non-hydrogen) atoms. The minimum absolute atomic E-state index is 0.0743. The molecule has 4 nitrogen and oxygen atoms in total. The van der Waals surface area contributed by atoms with Gasteiger partial charge in [0.1, 0.15) is 5.76 Å². The molecule has 0 aliphatic carbocycles. The Balaban J connectivity index is 1.63. The lowest BCUT2D eigenvalue weighted by molar-refractivity contribution is -0.122. The third kappa shape index (κ3) is 3.75. The fourth-order valence-electron chi connectivity index (χ4n) is 2.56. The van der Waals surface area contributed by atoms with E-state index in [-0.39, 0.29) is 12.5 Å². The normalized spacial score (nSPS) is 13.4. The third-order valence-electron chi connectivity index (χ3n) is 3.95. The summed E-state index contributed by atoms with van der Waals surface area (Å²) in [6.07, 6.45) is 2.57. The Morgan fingerprint density at radius 2 is 2.00 bits per heavy atom. The van der Waals surface area contributed by atoms with Crippen molar-refractivity contribution >= 4 is 17.2 Å². The minimum Gasteiger partial charge on any atom is -0.466 e. The van der Waals surface area contributed by atoms with Gasteiger partial charge in [0.25, 0.3) is 0 Å². The standard InChI is InChI=1S/C19H19NO3S/c21-18(9-8-15-5-2-1-3-6-15)20-14-19(22,16-10-12-24-13-16)17-7-4-11-23-17/h1-7,10-13,22H,8-9,14H2,(H,20,21)/t19-/m1/s1. The number of hydrogen-bond acceptors (Lipinski definition) is 4. The molecule has 3 rings (SSSR count). The number of aryl methyl sites for hydroxylation is 1. The van der Waals surface area contributed by atoms with Gasteiger partial charge in [0.15, 0.2) is 5.60 Å². The van der Waals surface area contributed by atoms with Gasteiger partial charge in [-0.1, -0.05) is 30.3 Å². The molecule has 1 amide bonds. The van der Waals surface area contributed by atoms with Gasteiger partial charge >= 0.3 is 0 Å². The van der Waals surface area contributed by atoms with Crippen molar-refractivity contribution in [2.45, 2.75) is 18.4 Å². The molecular formula is C19H19NO3S. The maximum atomic E-state index is 12.2. The van der Waals surface area contributed by atoms with Crippen LogP contribution in [-0.4, -0.2) is 17.6 Å². The molecule has 3 aromatic rings. The van der Waals surface area contributed by atoms with E-state index in [0.717, 1.165) is 5.56 Å². The number of carbonyl (C=O) groups excluding carboxylic acids is 1. The van der Waals surface area contributed by atoms with Gasteiger partial charge in [-0.25, -0.2) is 0 Å². The fourth-order valence-corrected chi connectivity index (χ4v) is 3.29. The molecule has 0 saturated heterocycles. The molecule has 0 saturated carbocycles. The molecule has 0 bridgehead atoms. The van der Waals surface area contributed by atoms with Crippen molar-refractivity contribution in [1.82, 2.24) is 5.32 Å². The zero-order valence-electron chi connectivity index (χ0n) is 13.1. The number of hydrogen-bond donors (Lipinski definition) is 2. The summed E-state index contributed by atoms with van der Waals surface area (Å²) in [4.78, 5) is 12.2. The number of rotatable bonds is 7. The van der Waals surface area contributed by atoms with E-state index >= 15 is 0 Å². The lowest BCUT2D eigenvalue weighted by Gasteiger charge is -2.25. The molecular weight excluding hydrogens is 322 g/mol. The Morgan fingerprint density at radius 3 is 2.67 bits per heavy atom. The van der Waals surface area contributed by atoms with Crippen LogP contribution < -0.4 is 5.32 Å². The molecule has 5 heteroatoms. The van der Waals surface area contributed by atoms with Gasteiger partial charge in [-0.3, -0.25) is 4.79 Å². The van der Waals surface area contributed by atoms with Crippen LogP contribution in [0, 0.1) is 0 Å². The summed E-state index contributed by atoms with van der Waals surface area (Å²) in [5, 5.41) is 17.6. The van der Waals surface area contributed by atoms with Crippen molar-refractivity contribution in [3.63, 3.8) is 0 Å². The first-order chi connectivity index (χ1) is 11.7. The zero-order valence-corrected chi connectivity index (χ0v) is 14.0. The first-order valence-corrected chi connectivity index (χ1v) is 8.72. The van der Waals surface area contributed by atoms with Crippen molar-refractivity contribution in [3.05, 3.63) is 82.4 Å². The molecule has 1 aromatic carbocycles. The van der Waals surface area contributed by atoms with E-state index < -0.39 is 5.60 Å². The van der Waals surface area contributed by atoms with E-state index in [1.165, 1.54) is 17.6 Å². The van der Waals surface area contributed by atoms with Crippen LogP contribution in [0.4, 0.5) is 0 Å². The highest BCUT2D eigenvalue weighted by atomic mass is 32.1. The monoisotopic (exact) mass is 341 g/mol. The maximum absolute atomic E-state index is 12.2. The average Bonchev–Trinajstić information content (AvgIpc) is 3.32. The zero-order chi connectivity index (χ0) is 16.8. The topological polar surface area (TPSA) is 62.5 Å². The van der Waals surface area contributed by atoms with Crippen LogP contribution in [0.1, 0.15) is 23.3 Å². The van der Waals surface area contributed by atoms with Gasteiger partial charge in [0.05, 0.1) is 12.8 Å². The van der Waals surface area contributed by atoms with Gasteiger partial charge in [0.2, 0.25) is 5.91 Å². The Kier molecular flexibility index (Phi) is 5.13. The number of thiophene rings is 1. The summed E-state index contributed by atoms with van der Waals surface area (Å²) in [5.74, 6) is 0.323. The third-order valence-corrected chi connectivity index (χ3v) is 4.64. The van der Waals surface area contributed by atoms with Crippen molar-refractivity contribution in [2.75, 3.05) is 6.54 Å². The molecule has 2 N–H and O–H groups in total. The number of benzene rings is 1. The summed E-state index contributed by atoms with van der Waals surface area (Å²) in [5.41, 5.74) is 0.476. The summed E-state index contributed by atoms with van der Waals surface area (Å²) in [6.45, 7) is 0.0743. The fraction of sp³-hybridized carbons (Fsp3) is 0.211. The Labute approximate surface area is 144 Å². The second-order valence-electron chi connectivity index (χ2n) is 5.61. The van der Waals surface area contributed by atoms with Gasteiger partial charge in [-0.15, -0.1) is 0 Å². The lowest BCUT2D eigenvalue weighted by atomic mass is 9.93. The van der Waals surface area contributed by atoms with Crippen LogP contribution in [0.25, 0.3) is 0 Å². The van der Waals surface area contributed by atoms with Crippen molar-refractivity contribution < 1.29 is 14.3 Å². The average molecular weight is 341 g/mol. The van der Waals surface area contributed by atoms with E-state index in [2.05, 4.69) is 5.32 Å². The highest BCUT2D eigenvalue weighted by Gasteiger charge is 2.35. The first-order valence-electron chi connectivity index (χ1n) is 7.78. The number of nitrogens with one attached hydrogen (secondary N) is 1. The lowest BCUT2D eigenvalue weighted by Crippen LogP contribution is -2.41. The molecule has 0 radical (unpaired) electrons. The van der Waals surface area contributed by atoms with E-state index in [4.69, 9.17) is 4.42 Å². The second-order valence-corrected chi connectivity index (χ2v) is 6.39. The Bertz CT molecular complexity index is 717. The number of aliphatic hydroxyl groups is 1. The summed E-state index contributed by atoms with van der Waals surface area (Å²) in [7, 11) is 0. The van der Waals surface area contributed by atoms with Gasteiger partial charge in [-0.2, -0.15) is 11.3 Å². The van der Waals surface area contributed by atoms with Crippen LogP contribution >= 0.6 is 11.3 Å². The molecule has 0 spiro atoms. The molecule has 2 heterocycles. The molecule has 2 aromatic heterocycles. The van der Waals surface area contributed by atoms with Crippen LogP contribution in [0.5, 0.6) is 0 Å². The smallest absolute Gasteiger partial charge is 0.220 e. The molecule has 124 valence electrons. The Hall–Kier alpha value is -2.37. The highest BCUT2D eigenvalue weighted by molar-refractivity contribution is 7.08. The predicted molar refractivity (Wildman–Crippen MR) is 93.8 cm³/mol. The number of furan rings is 1. The molecule has 0 aliphatic rings. The summed E-state index contributed by atoms with van der Waals surface area (Å²) >= 11 is 1.49. The quantitative estimate of drug-likeness (QED) is 0.693. The minimum atomic E-state index is -1.36. The largest absolute Gasteiger partial charge is 0.466 e. The van der Waals surface area contributed by atoms with Crippen molar-refractivity contribution in [3.8, 4) is 0 Å². The van der Waals surface area contributed by atoms with Crippen molar-refractivity contribution in [1.29, 1.82) is 0 Å². The van der Waals surface area contributed by atoms with Crippen molar-refractivity contribution in [2.24, 2.45) is 0 Å². The van der Waals surface area contributed by atoms with E-state index in [0.29, 0.717) is 24.2 Å². The number of amides is 1.